The molecule has 0 unspecified atom stereocenters. The van der Waals surface area contributed by atoms with Crippen LogP contribution in [0.25, 0.3) is 0 Å². The summed E-state index contributed by atoms with van der Waals surface area (Å²) in [5, 5.41) is 1.34. The van der Waals surface area contributed by atoms with Gasteiger partial charge in [-0.3, -0.25) is 0 Å². The van der Waals surface area contributed by atoms with E-state index in [0.29, 0.717) is 17.3 Å². The molecule has 0 saturated heterocycles. The number of nitrogens with two attached hydrogens (primary N) is 1. The molecule has 18 heavy (non-hydrogen) atoms. The molecule has 2 nitrogen and oxygen atoms in total. The van der Waals surface area contributed by atoms with Gasteiger partial charge in [0.2, 0.25) is 0 Å². The maximum absolute atomic E-state index is 6.07. The van der Waals surface area contributed by atoms with Gasteiger partial charge in [-0.05, 0) is 42.8 Å². The molecule has 4 heteroatoms. The molecule has 2 aromatic rings. The Morgan fingerprint density at radius 1 is 1.06 bits per heavy atom. The summed E-state index contributed by atoms with van der Waals surface area (Å²) in [6.45, 7) is 2.34. The highest BCUT2D eigenvalue weighted by Gasteiger charge is 2.03. The van der Waals surface area contributed by atoms with Gasteiger partial charge in [0.15, 0.2) is 0 Å². The fourth-order valence-electron chi connectivity index (χ4n) is 1.55. The maximum atomic E-state index is 6.07. The second-order valence-electron chi connectivity index (χ2n) is 4.05. The lowest BCUT2D eigenvalue weighted by Gasteiger charge is -2.09. The van der Waals surface area contributed by atoms with Crippen LogP contribution in [-0.4, -0.2) is 0 Å². The number of benzene rings is 2. The number of nitrogen functional groups attached to an aromatic ring is 1. The van der Waals surface area contributed by atoms with E-state index >= 15 is 0 Å². The van der Waals surface area contributed by atoms with Crippen LogP contribution < -0.4 is 10.5 Å². The van der Waals surface area contributed by atoms with Crippen molar-refractivity contribution in [1.82, 2.24) is 0 Å². The van der Waals surface area contributed by atoms with Crippen molar-refractivity contribution in [2.45, 2.75) is 13.5 Å². The Labute approximate surface area is 116 Å². The fourth-order valence-corrected chi connectivity index (χ4v) is 1.91. The Bertz CT molecular complexity index is 570. The average Bonchev–Trinajstić information content (AvgIpc) is 2.32. The number of aryl methyl sites for hydroxylation is 1. The summed E-state index contributed by atoms with van der Waals surface area (Å²) in [7, 11) is 0. The van der Waals surface area contributed by atoms with Crippen molar-refractivity contribution in [3.63, 3.8) is 0 Å². The van der Waals surface area contributed by atoms with E-state index in [4.69, 9.17) is 33.7 Å². The highest BCUT2D eigenvalue weighted by atomic mass is 35.5. The lowest BCUT2D eigenvalue weighted by atomic mass is 10.2. The number of halogens is 2. The molecule has 2 N–H and O–H groups in total. The molecule has 0 amide bonds. The molecular weight excluding hydrogens is 269 g/mol. The van der Waals surface area contributed by atoms with Gasteiger partial charge in [0.1, 0.15) is 12.4 Å². The van der Waals surface area contributed by atoms with E-state index in [-0.39, 0.29) is 0 Å². The quantitative estimate of drug-likeness (QED) is 0.843. The average molecular weight is 282 g/mol. The molecule has 0 aliphatic heterocycles. The summed E-state index contributed by atoms with van der Waals surface area (Å²) in [5.41, 5.74) is 8.16. The Hall–Kier alpha value is -1.38. The van der Waals surface area contributed by atoms with Crippen LogP contribution in [0.15, 0.2) is 36.4 Å². The minimum absolute atomic E-state index is 0.403. The Balaban J connectivity index is 2.09. The minimum Gasteiger partial charge on any atom is -0.489 e. The van der Waals surface area contributed by atoms with Crippen LogP contribution >= 0.6 is 23.2 Å². The Morgan fingerprint density at radius 2 is 1.83 bits per heavy atom. The highest BCUT2D eigenvalue weighted by Crippen LogP contribution is 2.24. The molecule has 0 aliphatic carbocycles. The lowest BCUT2D eigenvalue weighted by molar-refractivity contribution is 0.306. The molecule has 94 valence electrons. The third-order valence-corrected chi connectivity index (χ3v) is 3.38. The molecule has 0 aromatic heterocycles. The van der Waals surface area contributed by atoms with Crippen molar-refractivity contribution in [2.75, 3.05) is 5.73 Å². The van der Waals surface area contributed by atoms with Crippen molar-refractivity contribution in [3.05, 3.63) is 57.6 Å². The van der Waals surface area contributed by atoms with Crippen molar-refractivity contribution in [3.8, 4) is 5.75 Å². The summed E-state index contributed by atoms with van der Waals surface area (Å²) in [6.07, 6.45) is 0. The van der Waals surface area contributed by atoms with Crippen molar-refractivity contribution >= 4 is 28.9 Å². The van der Waals surface area contributed by atoms with Crippen molar-refractivity contribution in [1.29, 1.82) is 0 Å². The molecule has 0 bridgehead atoms. The maximum Gasteiger partial charge on any atom is 0.120 e. The van der Waals surface area contributed by atoms with Gasteiger partial charge in [0.05, 0.1) is 0 Å². The van der Waals surface area contributed by atoms with Crippen LogP contribution in [0.3, 0.4) is 0 Å². The van der Waals surface area contributed by atoms with Crippen LogP contribution in [0, 0.1) is 6.92 Å². The summed E-state index contributed by atoms with van der Waals surface area (Å²) in [5.74, 6) is 0.768. The zero-order chi connectivity index (χ0) is 13.1. The summed E-state index contributed by atoms with van der Waals surface area (Å²) in [6, 6.07) is 10.9. The zero-order valence-corrected chi connectivity index (χ0v) is 11.4. The Kier molecular flexibility index (Phi) is 4.00. The van der Waals surface area contributed by atoms with Gasteiger partial charge < -0.3 is 10.5 Å². The minimum atomic E-state index is 0.403. The second-order valence-corrected chi connectivity index (χ2v) is 4.86. The van der Waals surface area contributed by atoms with Crippen LogP contribution in [0.1, 0.15) is 11.1 Å². The van der Waals surface area contributed by atoms with E-state index in [1.165, 1.54) is 0 Å². The van der Waals surface area contributed by atoms with E-state index in [1.807, 2.05) is 31.2 Å². The topological polar surface area (TPSA) is 35.2 Å². The molecule has 0 aliphatic rings. The summed E-state index contributed by atoms with van der Waals surface area (Å²) in [4.78, 5) is 0. The molecule has 0 saturated carbocycles. The van der Waals surface area contributed by atoms with Gasteiger partial charge in [-0.1, -0.05) is 29.3 Å². The van der Waals surface area contributed by atoms with Crippen LogP contribution in [0.5, 0.6) is 5.75 Å². The number of ether oxygens (including phenoxy) is 1. The van der Waals surface area contributed by atoms with Gasteiger partial charge in [-0.15, -0.1) is 0 Å². The molecule has 0 heterocycles. The number of anilines is 1. The number of hydrogen-bond donors (Lipinski definition) is 1. The molecule has 0 fully saturated rings. The predicted molar refractivity (Wildman–Crippen MR) is 76.4 cm³/mol. The largest absolute Gasteiger partial charge is 0.489 e. The molecule has 2 rings (SSSR count). The summed E-state index contributed by atoms with van der Waals surface area (Å²) >= 11 is 12.0. The standard InChI is InChI=1S/C14H13Cl2NO/c1-9-6-12(4-5-13(9)15)18-8-10-2-3-11(17)7-14(10)16/h2-7H,8,17H2,1H3. The molecule has 0 spiro atoms. The Morgan fingerprint density at radius 3 is 2.50 bits per heavy atom. The van der Waals surface area contributed by atoms with Gasteiger partial charge in [0, 0.05) is 21.3 Å². The van der Waals surface area contributed by atoms with Gasteiger partial charge in [0.25, 0.3) is 0 Å². The monoisotopic (exact) mass is 281 g/mol. The summed E-state index contributed by atoms with van der Waals surface area (Å²) < 4.78 is 5.66. The normalized spacial score (nSPS) is 10.4. The van der Waals surface area contributed by atoms with Crippen molar-refractivity contribution in [2.24, 2.45) is 0 Å². The first kappa shape index (κ1) is 13.1. The lowest BCUT2D eigenvalue weighted by Crippen LogP contribution is -1.97. The predicted octanol–water partition coefficient (Wildman–Crippen LogP) is 4.46. The van der Waals surface area contributed by atoms with E-state index in [9.17, 15) is 0 Å². The van der Waals surface area contributed by atoms with E-state index in [2.05, 4.69) is 0 Å². The van der Waals surface area contributed by atoms with E-state index < -0.39 is 0 Å². The number of hydrogen-bond acceptors (Lipinski definition) is 2. The van der Waals surface area contributed by atoms with Crippen LogP contribution in [0.4, 0.5) is 5.69 Å². The second kappa shape index (κ2) is 5.51. The fraction of sp³-hybridized carbons (Fsp3) is 0.143. The first-order valence-corrected chi connectivity index (χ1v) is 6.24. The third kappa shape index (κ3) is 3.09. The van der Waals surface area contributed by atoms with Crippen LogP contribution in [-0.2, 0) is 6.61 Å². The van der Waals surface area contributed by atoms with E-state index in [1.54, 1.807) is 12.1 Å². The van der Waals surface area contributed by atoms with Crippen LogP contribution in [0.2, 0.25) is 10.0 Å². The smallest absolute Gasteiger partial charge is 0.120 e. The molecule has 2 aromatic carbocycles. The molecular formula is C14H13Cl2NO. The zero-order valence-electron chi connectivity index (χ0n) is 9.91. The first-order valence-electron chi connectivity index (χ1n) is 5.49. The molecule has 0 radical (unpaired) electrons. The third-order valence-electron chi connectivity index (χ3n) is 2.60. The van der Waals surface area contributed by atoms with Crippen molar-refractivity contribution < 1.29 is 4.74 Å². The van der Waals surface area contributed by atoms with Gasteiger partial charge in [-0.25, -0.2) is 0 Å². The van der Waals surface area contributed by atoms with E-state index in [0.717, 1.165) is 21.9 Å². The van der Waals surface area contributed by atoms with Gasteiger partial charge in [-0.2, -0.15) is 0 Å². The number of rotatable bonds is 3. The SMILES string of the molecule is Cc1cc(OCc2ccc(N)cc2Cl)ccc1Cl. The highest BCUT2D eigenvalue weighted by molar-refractivity contribution is 6.31. The van der Waals surface area contributed by atoms with Gasteiger partial charge >= 0.3 is 0 Å². The molecule has 0 atom stereocenters. The first-order chi connectivity index (χ1) is 8.56.